The standard InChI is InChI=1S/C17H20N4O2S/c22-12-17(6-8-23-9-7-17)11-18-15-20-21-10-14(19-16(21)24-15)13-4-2-1-3-5-13/h1-5,10,22H,6-9,11-12H2,(H,18,20). The summed E-state index contributed by atoms with van der Waals surface area (Å²) in [4.78, 5) is 5.51. The second-order valence-corrected chi connectivity index (χ2v) is 7.21. The van der Waals surface area contributed by atoms with Crippen molar-refractivity contribution < 1.29 is 9.84 Å². The number of hydrogen-bond acceptors (Lipinski definition) is 6. The summed E-state index contributed by atoms with van der Waals surface area (Å²) < 4.78 is 7.21. The van der Waals surface area contributed by atoms with Crippen LogP contribution in [-0.2, 0) is 4.74 Å². The van der Waals surface area contributed by atoms with Crippen LogP contribution in [-0.4, -0.2) is 46.1 Å². The van der Waals surface area contributed by atoms with Crippen molar-refractivity contribution in [2.45, 2.75) is 12.8 Å². The first-order valence-electron chi connectivity index (χ1n) is 8.12. The van der Waals surface area contributed by atoms with Gasteiger partial charge in [-0.15, -0.1) is 5.10 Å². The topological polar surface area (TPSA) is 71.7 Å². The summed E-state index contributed by atoms with van der Waals surface area (Å²) in [5.74, 6) is 0. The molecule has 2 N–H and O–H groups in total. The maximum absolute atomic E-state index is 9.75. The molecule has 0 atom stereocenters. The smallest absolute Gasteiger partial charge is 0.214 e. The Morgan fingerprint density at radius 1 is 1.25 bits per heavy atom. The Kier molecular flexibility index (Phi) is 4.22. The molecule has 7 heteroatoms. The van der Waals surface area contributed by atoms with Gasteiger partial charge >= 0.3 is 0 Å². The summed E-state index contributed by atoms with van der Waals surface area (Å²) in [6, 6.07) is 10.1. The molecule has 3 aromatic rings. The van der Waals surface area contributed by atoms with E-state index >= 15 is 0 Å². The SMILES string of the molecule is OCC1(CNc2nn3cc(-c4ccccc4)nc3s2)CCOCC1. The molecule has 1 fully saturated rings. The third kappa shape index (κ3) is 3.02. The van der Waals surface area contributed by atoms with Gasteiger partial charge in [-0.1, -0.05) is 41.7 Å². The van der Waals surface area contributed by atoms with Gasteiger partial charge < -0.3 is 15.2 Å². The number of aromatic nitrogens is 3. The highest BCUT2D eigenvalue weighted by Crippen LogP contribution is 2.31. The van der Waals surface area contributed by atoms with E-state index in [1.54, 1.807) is 0 Å². The zero-order chi connectivity index (χ0) is 16.4. The highest BCUT2D eigenvalue weighted by molar-refractivity contribution is 7.20. The van der Waals surface area contributed by atoms with Crippen LogP contribution in [0.5, 0.6) is 0 Å². The van der Waals surface area contributed by atoms with E-state index in [9.17, 15) is 5.11 Å². The van der Waals surface area contributed by atoms with Crippen LogP contribution in [0, 0.1) is 5.41 Å². The van der Waals surface area contributed by atoms with E-state index in [1.807, 2.05) is 41.0 Å². The van der Waals surface area contributed by atoms with Crippen molar-refractivity contribution in [2.24, 2.45) is 5.41 Å². The van der Waals surface area contributed by atoms with Crippen LogP contribution >= 0.6 is 11.3 Å². The molecule has 0 spiro atoms. The van der Waals surface area contributed by atoms with E-state index in [0.717, 1.165) is 34.2 Å². The number of fused-ring (bicyclic) bond motifs is 1. The van der Waals surface area contributed by atoms with Crippen molar-refractivity contribution in [1.29, 1.82) is 0 Å². The molecular formula is C17H20N4O2S. The predicted octanol–water partition coefficient (Wildman–Crippen LogP) is 2.66. The summed E-state index contributed by atoms with van der Waals surface area (Å²) >= 11 is 1.53. The molecule has 0 unspecified atom stereocenters. The van der Waals surface area contributed by atoms with Crippen molar-refractivity contribution in [3.63, 3.8) is 0 Å². The Bertz CT molecular complexity index is 777. The molecule has 24 heavy (non-hydrogen) atoms. The van der Waals surface area contributed by atoms with Gasteiger partial charge in [-0.05, 0) is 12.8 Å². The van der Waals surface area contributed by atoms with Gasteiger partial charge in [-0.25, -0.2) is 9.50 Å². The molecule has 6 nitrogen and oxygen atoms in total. The number of nitrogens with one attached hydrogen (secondary N) is 1. The molecule has 0 saturated carbocycles. The average molecular weight is 344 g/mol. The number of imidazole rings is 1. The first-order valence-corrected chi connectivity index (χ1v) is 8.94. The molecule has 1 aliphatic heterocycles. The quantitative estimate of drug-likeness (QED) is 0.744. The van der Waals surface area contributed by atoms with Crippen molar-refractivity contribution in [1.82, 2.24) is 14.6 Å². The lowest BCUT2D eigenvalue weighted by molar-refractivity contribution is -0.00859. The summed E-state index contributed by atoms with van der Waals surface area (Å²) in [7, 11) is 0. The van der Waals surface area contributed by atoms with Crippen molar-refractivity contribution >= 4 is 21.4 Å². The minimum absolute atomic E-state index is 0.110. The van der Waals surface area contributed by atoms with Crippen LogP contribution in [0.4, 0.5) is 5.13 Å². The Morgan fingerprint density at radius 2 is 2.04 bits per heavy atom. The zero-order valence-electron chi connectivity index (χ0n) is 13.3. The summed E-state index contributed by atoms with van der Waals surface area (Å²) in [6.07, 6.45) is 3.69. The van der Waals surface area contributed by atoms with Gasteiger partial charge in [-0.3, -0.25) is 0 Å². The Labute approximate surface area is 144 Å². The molecular weight excluding hydrogens is 324 g/mol. The minimum atomic E-state index is -0.110. The summed E-state index contributed by atoms with van der Waals surface area (Å²) in [5, 5.41) is 18.5. The molecule has 0 bridgehead atoms. The number of ether oxygens (including phenoxy) is 1. The molecule has 0 radical (unpaired) electrons. The lowest BCUT2D eigenvalue weighted by atomic mass is 9.81. The van der Waals surface area contributed by atoms with Gasteiger partial charge in [0.2, 0.25) is 10.1 Å². The Morgan fingerprint density at radius 3 is 2.75 bits per heavy atom. The fraction of sp³-hybridized carbons (Fsp3) is 0.412. The Balaban J connectivity index is 1.49. The van der Waals surface area contributed by atoms with Gasteiger partial charge in [0.1, 0.15) is 0 Å². The monoisotopic (exact) mass is 344 g/mol. The molecule has 4 rings (SSSR count). The number of anilines is 1. The summed E-state index contributed by atoms with van der Waals surface area (Å²) in [5.41, 5.74) is 1.91. The predicted molar refractivity (Wildman–Crippen MR) is 94.4 cm³/mol. The highest BCUT2D eigenvalue weighted by atomic mass is 32.1. The number of nitrogens with zero attached hydrogens (tertiary/aromatic N) is 3. The normalized spacial score (nSPS) is 17.2. The molecule has 0 aliphatic carbocycles. The van der Waals surface area contributed by atoms with E-state index in [0.29, 0.717) is 19.8 Å². The maximum Gasteiger partial charge on any atom is 0.214 e. The van der Waals surface area contributed by atoms with Crippen LogP contribution < -0.4 is 5.32 Å². The molecule has 0 amide bonds. The van der Waals surface area contributed by atoms with Gasteiger partial charge in [0.05, 0.1) is 18.5 Å². The van der Waals surface area contributed by atoms with Crippen molar-refractivity contribution in [2.75, 3.05) is 31.7 Å². The first kappa shape index (κ1) is 15.6. The molecule has 1 saturated heterocycles. The molecule has 2 aromatic heterocycles. The van der Waals surface area contributed by atoms with Crippen LogP contribution in [0.25, 0.3) is 16.2 Å². The fourth-order valence-electron chi connectivity index (χ4n) is 2.98. The minimum Gasteiger partial charge on any atom is -0.396 e. The molecule has 1 aromatic carbocycles. The van der Waals surface area contributed by atoms with E-state index in [-0.39, 0.29) is 12.0 Å². The lowest BCUT2D eigenvalue weighted by Crippen LogP contribution is -2.39. The zero-order valence-corrected chi connectivity index (χ0v) is 14.1. The van der Waals surface area contributed by atoms with Crippen LogP contribution in [0.2, 0.25) is 0 Å². The average Bonchev–Trinajstić information content (AvgIpc) is 3.20. The van der Waals surface area contributed by atoms with E-state index in [2.05, 4.69) is 15.4 Å². The second kappa shape index (κ2) is 6.51. The van der Waals surface area contributed by atoms with Crippen LogP contribution in [0.3, 0.4) is 0 Å². The van der Waals surface area contributed by atoms with E-state index in [1.165, 1.54) is 11.3 Å². The van der Waals surface area contributed by atoms with Gasteiger partial charge in [0.25, 0.3) is 0 Å². The van der Waals surface area contributed by atoms with Gasteiger partial charge in [0, 0.05) is 30.7 Å². The van der Waals surface area contributed by atoms with E-state index < -0.39 is 0 Å². The third-order valence-electron chi connectivity index (χ3n) is 4.62. The molecule has 1 aliphatic rings. The fourth-order valence-corrected chi connectivity index (χ4v) is 3.76. The Hall–Kier alpha value is -1.96. The highest BCUT2D eigenvalue weighted by Gasteiger charge is 2.32. The summed E-state index contributed by atoms with van der Waals surface area (Å²) in [6.45, 7) is 2.30. The molecule has 126 valence electrons. The third-order valence-corrected chi connectivity index (χ3v) is 5.50. The maximum atomic E-state index is 9.75. The van der Waals surface area contributed by atoms with Crippen LogP contribution in [0.1, 0.15) is 12.8 Å². The van der Waals surface area contributed by atoms with Gasteiger partial charge in [0.15, 0.2) is 0 Å². The number of aliphatic hydroxyl groups excluding tert-OH is 1. The van der Waals surface area contributed by atoms with E-state index in [4.69, 9.17) is 4.74 Å². The first-order chi connectivity index (χ1) is 11.8. The van der Waals surface area contributed by atoms with Crippen molar-refractivity contribution in [3.8, 4) is 11.3 Å². The van der Waals surface area contributed by atoms with Gasteiger partial charge in [-0.2, -0.15) is 0 Å². The van der Waals surface area contributed by atoms with Crippen molar-refractivity contribution in [3.05, 3.63) is 36.5 Å². The number of aliphatic hydroxyl groups is 1. The number of rotatable bonds is 5. The number of benzene rings is 1. The number of hydrogen-bond donors (Lipinski definition) is 2. The molecule has 3 heterocycles. The largest absolute Gasteiger partial charge is 0.396 e. The lowest BCUT2D eigenvalue weighted by Gasteiger charge is -2.35. The van der Waals surface area contributed by atoms with Crippen LogP contribution in [0.15, 0.2) is 36.5 Å². The second-order valence-electron chi connectivity index (χ2n) is 6.25.